The summed E-state index contributed by atoms with van der Waals surface area (Å²) in [5.41, 5.74) is -0.0506. The van der Waals surface area contributed by atoms with Crippen LogP contribution in [-0.4, -0.2) is 55.7 Å². The highest BCUT2D eigenvalue weighted by Gasteiger charge is 2.40. The number of aromatic nitrogens is 2. The maximum atomic E-state index is 13.2. The van der Waals surface area contributed by atoms with Crippen LogP contribution < -0.4 is 23.8 Å². The van der Waals surface area contributed by atoms with Gasteiger partial charge >= 0.3 is 0 Å². The molecule has 2 aliphatic rings. The summed E-state index contributed by atoms with van der Waals surface area (Å²) in [5, 5.41) is -0.338. The number of rotatable bonds is 7. The SMILES string of the molecule is CC1CCN(c2ncccc2C(=O)NS(=O)(=O)c2cccc(OCC3COc4ccccc4O3)n2)C1(C)C. The van der Waals surface area contributed by atoms with Gasteiger partial charge in [0.25, 0.3) is 15.9 Å². The number of ether oxygens (including phenoxy) is 3. The normalized spacial score (nSPS) is 20.1. The predicted molar refractivity (Wildman–Crippen MR) is 140 cm³/mol. The average molecular weight is 539 g/mol. The first-order valence-corrected chi connectivity index (χ1v) is 13.9. The van der Waals surface area contributed by atoms with Crippen LogP contribution in [0.1, 0.15) is 37.6 Å². The molecule has 1 amide bonds. The van der Waals surface area contributed by atoms with Crippen molar-refractivity contribution in [3.63, 3.8) is 0 Å². The second kappa shape index (κ2) is 10.1. The summed E-state index contributed by atoms with van der Waals surface area (Å²) in [6, 6.07) is 14.8. The molecule has 38 heavy (non-hydrogen) atoms. The fourth-order valence-corrected chi connectivity index (χ4v) is 5.50. The lowest BCUT2D eigenvalue weighted by atomic mass is 9.90. The topological polar surface area (TPSA) is 120 Å². The number of anilines is 1. The number of fused-ring (bicyclic) bond motifs is 1. The van der Waals surface area contributed by atoms with E-state index >= 15 is 0 Å². The molecule has 2 unspecified atom stereocenters. The first-order valence-electron chi connectivity index (χ1n) is 12.4. The molecule has 2 atom stereocenters. The first kappa shape index (κ1) is 25.8. The largest absolute Gasteiger partial charge is 0.486 e. The van der Waals surface area contributed by atoms with Crippen LogP contribution in [-0.2, 0) is 10.0 Å². The number of nitrogens with zero attached hydrogens (tertiary/aromatic N) is 3. The molecule has 2 aliphatic heterocycles. The molecule has 2 aromatic heterocycles. The van der Waals surface area contributed by atoms with Crippen LogP contribution in [0.15, 0.2) is 65.8 Å². The van der Waals surface area contributed by atoms with E-state index in [1.165, 1.54) is 18.2 Å². The van der Waals surface area contributed by atoms with Crippen molar-refractivity contribution in [1.29, 1.82) is 0 Å². The molecule has 200 valence electrons. The molecule has 0 spiro atoms. The fraction of sp³-hybridized carbons (Fsp3) is 0.370. The van der Waals surface area contributed by atoms with E-state index in [4.69, 9.17) is 14.2 Å². The first-order chi connectivity index (χ1) is 18.1. The number of hydrogen-bond donors (Lipinski definition) is 1. The number of para-hydroxylation sites is 2. The number of carbonyl (C=O) groups excluding carboxylic acids is 1. The van der Waals surface area contributed by atoms with Gasteiger partial charge in [-0.1, -0.05) is 25.1 Å². The number of hydrogen-bond acceptors (Lipinski definition) is 9. The smallest absolute Gasteiger partial charge is 0.281 e. The molecule has 1 saturated heterocycles. The molecular formula is C27H30N4O6S. The van der Waals surface area contributed by atoms with Gasteiger partial charge in [0.2, 0.25) is 5.88 Å². The molecule has 10 nitrogen and oxygen atoms in total. The van der Waals surface area contributed by atoms with Crippen molar-refractivity contribution in [2.24, 2.45) is 5.92 Å². The summed E-state index contributed by atoms with van der Waals surface area (Å²) < 4.78 is 45.6. The molecule has 1 fully saturated rings. The number of carbonyl (C=O) groups is 1. The Morgan fingerprint density at radius 1 is 1.13 bits per heavy atom. The van der Waals surface area contributed by atoms with E-state index in [0.29, 0.717) is 23.2 Å². The van der Waals surface area contributed by atoms with Gasteiger partial charge in [0.1, 0.15) is 19.0 Å². The van der Waals surface area contributed by atoms with Gasteiger partial charge in [-0.2, -0.15) is 13.4 Å². The van der Waals surface area contributed by atoms with Crippen molar-refractivity contribution in [2.45, 2.75) is 43.9 Å². The van der Waals surface area contributed by atoms with Gasteiger partial charge in [0.15, 0.2) is 22.6 Å². The molecular weight excluding hydrogens is 508 g/mol. The van der Waals surface area contributed by atoms with Gasteiger partial charge in [-0.15, -0.1) is 0 Å². The Kier molecular flexibility index (Phi) is 6.87. The minimum Gasteiger partial charge on any atom is -0.486 e. The number of benzene rings is 1. The zero-order valence-electron chi connectivity index (χ0n) is 21.5. The zero-order valence-corrected chi connectivity index (χ0v) is 22.3. The van der Waals surface area contributed by atoms with Gasteiger partial charge in [0, 0.05) is 24.3 Å². The Hall–Kier alpha value is -3.86. The lowest BCUT2D eigenvalue weighted by molar-refractivity contribution is 0.0520. The lowest BCUT2D eigenvalue weighted by Gasteiger charge is -2.36. The maximum absolute atomic E-state index is 13.2. The van der Waals surface area contributed by atoms with Crippen molar-refractivity contribution in [3.8, 4) is 17.4 Å². The number of pyridine rings is 2. The molecule has 4 heterocycles. The molecule has 0 radical (unpaired) electrons. The van der Waals surface area contributed by atoms with Crippen LogP contribution >= 0.6 is 0 Å². The van der Waals surface area contributed by atoms with Crippen LogP contribution in [0, 0.1) is 5.92 Å². The highest BCUT2D eigenvalue weighted by Crippen LogP contribution is 2.38. The molecule has 3 aromatic rings. The zero-order chi connectivity index (χ0) is 26.9. The molecule has 0 saturated carbocycles. The Bertz CT molecular complexity index is 1440. The van der Waals surface area contributed by atoms with Crippen LogP contribution in [0.3, 0.4) is 0 Å². The Labute approximate surface area is 222 Å². The van der Waals surface area contributed by atoms with Gasteiger partial charge in [-0.25, -0.2) is 9.71 Å². The summed E-state index contributed by atoms with van der Waals surface area (Å²) in [4.78, 5) is 23.8. The van der Waals surface area contributed by atoms with Crippen LogP contribution in [0.25, 0.3) is 0 Å². The van der Waals surface area contributed by atoms with E-state index in [1.54, 1.807) is 24.4 Å². The minimum atomic E-state index is -4.29. The van der Waals surface area contributed by atoms with E-state index in [-0.39, 0.29) is 35.2 Å². The van der Waals surface area contributed by atoms with Gasteiger partial charge in [-0.05, 0) is 56.5 Å². The molecule has 5 rings (SSSR count). The van der Waals surface area contributed by atoms with Crippen LogP contribution in [0.2, 0.25) is 0 Å². The second-order valence-corrected chi connectivity index (χ2v) is 11.6. The average Bonchev–Trinajstić information content (AvgIpc) is 3.18. The van der Waals surface area contributed by atoms with E-state index in [9.17, 15) is 13.2 Å². The number of amides is 1. The Balaban J connectivity index is 1.28. The molecule has 0 bridgehead atoms. The third-order valence-electron chi connectivity index (χ3n) is 7.16. The molecule has 0 aliphatic carbocycles. The van der Waals surface area contributed by atoms with E-state index in [0.717, 1.165) is 13.0 Å². The highest BCUT2D eigenvalue weighted by molar-refractivity contribution is 7.90. The van der Waals surface area contributed by atoms with Crippen LogP contribution in [0.4, 0.5) is 5.82 Å². The fourth-order valence-electron chi connectivity index (χ4n) is 4.58. The third-order valence-corrected chi connectivity index (χ3v) is 8.39. The lowest BCUT2D eigenvalue weighted by Crippen LogP contribution is -2.43. The number of nitrogens with one attached hydrogen (secondary N) is 1. The summed E-state index contributed by atoms with van der Waals surface area (Å²) in [7, 11) is -4.29. The molecule has 1 aromatic carbocycles. The third kappa shape index (κ3) is 5.10. The maximum Gasteiger partial charge on any atom is 0.281 e. The van der Waals surface area contributed by atoms with Crippen molar-refractivity contribution in [1.82, 2.24) is 14.7 Å². The van der Waals surface area contributed by atoms with E-state index in [2.05, 4.69) is 40.4 Å². The number of sulfonamides is 1. The standard InChI is InChI=1S/C27H30N4O6S/c1-18-13-15-31(27(18,2)3)25-20(8-7-14-28-25)26(32)30-38(33,34)24-12-6-11-23(29-24)36-17-19-16-35-21-9-4-5-10-22(21)37-19/h4-12,14,18-19H,13,15-17H2,1-3H3,(H,30,32). The monoisotopic (exact) mass is 538 g/mol. The van der Waals surface area contributed by atoms with E-state index in [1.807, 2.05) is 18.2 Å². The Morgan fingerprint density at radius 2 is 1.92 bits per heavy atom. The predicted octanol–water partition coefficient (Wildman–Crippen LogP) is 3.44. The summed E-state index contributed by atoms with van der Waals surface area (Å²) in [5.74, 6) is 1.42. The summed E-state index contributed by atoms with van der Waals surface area (Å²) in [6.07, 6.45) is 2.15. The van der Waals surface area contributed by atoms with Crippen molar-refractivity contribution < 1.29 is 27.4 Å². The molecule has 1 N–H and O–H groups in total. The van der Waals surface area contributed by atoms with E-state index < -0.39 is 22.0 Å². The second-order valence-electron chi connectivity index (χ2n) is 9.93. The minimum absolute atomic E-state index is 0.0812. The van der Waals surface area contributed by atoms with Crippen molar-refractivity contribution in [2.75, 3.05) is 24.7 Å². The summed E-state index contributed by atoms with van der Waals surface area (Å²) in [6.45, 7) is 7.44. The van der Waals surface area contributed by atoms with Crippen molar-refractivity contribution in [3.05, 3.63) is 66.4 Å². The molecule has 11 heteroatoms. The van der Waals surface area contributed by atoms with Crippen LogP contribution in [0.5, 0.6) is 17.4 Å². The Morgan fingerprint density at radius 3 is 2.68 bits per heavy atom. The quantitative estimate of drug-likeness (QED) is 0.482. The van der Waals surface area contributed by atoms with Crippen molar-refractivity contribution >= 4 is 21.7 Å². The highest BCUT2D eigenvalue weighted by atomic mass is 32.2. The van der Waals surface area contributed by atoms with Gasteiger partial charge < -0.3 is 19.1 Å². The van der Waals surface area contributed by atoms with Gasteiger partial charge in [-0.3, -0.25) is 4.79 Å². The summed E-state index contributed by atoms with van der Waals surface area (Å²) >= 11 is 0. The van der Waals surface area contributed by atoms with Gasteiger partial charge in [0.05, 0.1) is 5.56 Å².